The lowest BCUT2D eigenvalue weighted by molar-refractivity contribution is -0.141. The van der Waals surface area contributed by atoms with Gasteiger partial charge in [0, 0.05) is 0 Å². The van der Waals surface area contributed by atoms with Crippen LogP contribution < -0.4 is 5.23 Å². The molecular weight excluding hydrogens is 169 g/mol. The van der Waals surface area contributed by atoms with Crippen molar-refractivity contribution in [1.82, 2.24) is 5.23 Å². The van der Waals surface area contributed by atoms with Crippen molar-refractivity contribution in [2.45, 2.75) is 33.0 Å². The van der Waals surface area contributed by atoms with Crippen molar-refractivity contribution in [1.29, 1.82) is 0 Å². The van der Waals surface area contributed by atoms with Gasteiger partial charge in [-0.05, 0) is 26.2 Å². The minimum atomic E-state index is -0.733. The molecule has 5 heteroatoms. The first-order valence-corrected chi connectivity index (χ1v) is 4.68. The highest BCUT2D eigenvalue weighted by Gasteiger charge is 2.09. The summed E-state index contributed by atoms with van der Waals surface area (Å²) < 4.78 is 0. The van der Waals surface area contributed by atoms with E-state index >= 15 is 0 Å². The summed E-state index contributed by atoms with van der Waals surface area (Å²) in [5.41, 5.74) is 0. The SMILES string of the molecule is CB(O)NCCCCC(C)C(=O)O. The number of carboxylic acid groups (broad SMARTS) is 1. The van der Waals surface area contributed by atoms with Gasteiger partial charge in [0.1, 0.15) is 0 Å². The number of hydrogen-bond donors (Lipinski definition) is 3. The van der Waals surface area contributed by atoms with Crippen molar-refractivity contribution in [3.05, 3.63) is 0 Å². The van der Waals surface area contributed by atoms with Crippen LogP contribution >= 0.6 is 0 Å². The van der Waals surface area contributed by atoms with Crippen LogP contribution in [-0.4, -0.2) is 29.7 Å². The molecule has 76 valence electrons. The van der Waals surface area contributed by atoms with Crippen molar-refractivity contribution in [2.24, 2.45) is 5.92 Å². The average Bonchev–Trinajstić information content (AvgIpc) is 2.02. The molecule has 0 aromatic heterocycles. The van der Waals surface area contributed by atoms with Crippen molar-refractivity contribution in [3.63, 3.8) is 0 Å². The average molecular weight is 187 g/mol. The van der Waals surface area contributed by atoms with Crippen LogP contribution in [0.25, 0.3) is 0 Å². The molecule has 0 spiro atoms. The van der Waals surface area contributed by atoms with Gasteiger partial charge in [-0.15, -0.1) is 0 Å². The normalized spacial score (nSPS) is 12.5. The Morgan fingerprint density at radius 1 is 1.54 bits per heavy atom. The molecule has 0 saturated heterocycles. The lowest BCUT2D eigenvalue weighted by atomic mass is 9.89. The van der Waals surface area contributed by atoms with Crippen LogP contribution in [0.5, 0.6) is 0 Å². The molecule has 0 bridgehead atoms. The highest BCUT2D eigenvalue weighted by Crippen LogP contribution is 2.06. The molecule has 0 aromatic carbocycles. The molecule has 0 fully saturated rings. The Morgan fingerprint density at radius 3 is 2.62 bits per heavy atom. The Kier molecular flexibility index (Phi) is 6.63. The molecule has 0 aromatic rings. The Morgan fingerprint density at radius 2 is 2.15 bits per heavy atom. The summed E-state index contributed by atoms with van der Waals surface area (Å²) in [6, 6.07) is 0. The van der Waals surface area contributed by atoms with Gasteiger partial charge in [0.05, 0.1) is 5.92 Å². The smallest absolute Gasteiger partial charge is 0.373 e. The molecule has 1 atom stereocenters. The largest absolute Gasteiger partial charge is 0.481 e. The number of hydrogen-bond acceptors (Lipinski definition) is 3. The van der Waals surface area contributed by atoms with Gasteiger partial charge in [-0.1, -0.05) is 13.3 Å². The Balaban J connectivity index is 3.21. The zero-order chi connectivity index (χ0) is 10.3. The third-order valence-electron chi connectivity index (χ3n) is 1.93. The zero-order valence-corrected chi connectivity index (χ0v) is 8.29. The fourth-order valence-corrected chi connectivity index (χ4v) is 1.01. The van der Waals surface area contributed by atoms with E-state index in [4.69, 9.17) is 10.1 Å². The van der Waals surface area contributed by atoms with Gasteiger partial charge in [-0.2, -0.15) is 0 Å². The minimum absolute atomic E-state index is 0.258. The van der Waals surface area contributed by atoms with Gasteiger partial charge in [0.15, 0.2) is 0 Å². The van der Waals surface area contributed by atoms with Crippen LogP contribution in [0, 0.1) is 5.92 Å². The van der Waals surface area contributed by atoms with Gasteiger partial charge in [0.2, 0.25) is 0 Å². The molecule has 0 heterocycles. The van der Waals surface area contributed by atoms with Crippen molar-refractivity contribution >= 4 is 13.0 Å². The van der Waals surface area contributed by atoms with Crippen LogP contribution in [0.1, 0.15) is 26.2 Å². The second-order valence-electron chi connectivity index (χ2n) is 3.37. The minimum Gasteiger partial charge on any atom is -0.481 e. The first-order chi connectivity index (χ1) is 6.04. The van der Waals surface area contributed by atoms with Gasteiger partial charge < -0.3 is 15.4 Å². The lowest BCUT2D eigenvalue weighted by Gasteiger charge is -2.06. The molecule has 0 amide bonds. The first-order valence-electron chi connectivity index (χ1n) is 4.68. The highest BCUT2D eigenvalue weighted by atomic mass is 16.4. The first kappa shape index (κ1) is 12.5. The summed E-state index contributed by atoms with van der Waals surface area (Å²) >= 11 is 0. The van der Waals surface area contributed by atoms with Gasteiger partial charge in [-0.3, -0.25) is 4.79 Å². The van der Waals surface area contributed by atoms with E-state index in [9.17, 15) is 4.79 Å². The molecular formula is C8H18BNO3. The maximum atomic E-state index is 10.4. The summed E-state index contributed by atoms with van der Waals surface area (Å²) in [4.78, 5) is 10.4. The molecule has 0 aliphatic rings. The monoisotopic (exact) mass is 187 g/mol. The summed E-state index contributed by atoms with van der Waals surface area (Å²) in [7, 11) is -0.475. The third kappa shape index (κ3) is 7.80. The standard InChI is InChI=1S/C8H18BNO3/c1-7(8(11)12)5-3-4-6-10-9(2)13/h7,10,13H,3-6H2,1-2H3,(H,11,12). The quantitative estimate of drug-likeness (QED) is 0.402. The van der Waals surface area contributed by atoms with E-state index in [1.807, 2.05) is 0 Å². The van der Waals surface area contributed by atoms with E-state index in [0.717, 1.165) is 19.4 Å². The van der Waals surface area contributed by atoms with E-state index in [0.29, 0.717) is 6.42 Å². The van der Waals surface area contributed by atoms with Crippen molar-refractivity contribution in [3.8, 4) is 0 Å². The Labute approximate surface area is 79.5 Å². The van der Waals surface area contributed by atoms with E-state index in [-0.39, 0.29) is 5.92 Å². The summed E-state index contributed by atoms with van der Waals surface area (Å²) in [5, 5.41) is 20.3. The Hall–Kier alpha value is -0.545. The molecule has 0 rings (SSSR count). The topological polar surface area (TPSA) is 69.6 Å². The summed E-state index contributed by atoms with van der Waals surface area (Å²) in [5.74, 6) is -0.991. The Bertz CT molecular complexity index is 152. The van der Waals surface area contributed by atoms with E-state index in [1.54, 1.807) is 13.7 Å². The van der Waals surface area contributed by atoms with Crippen LogP contribution in [0.4, 0.5) is 0 Å². The second-order valence-corrected chi connectivity index (χ2v) is 3.37. The molecule has 0 radical (unpaired) electrons. The molecule has 0 saturated carbocycles. The van der Waals surface area contributed by atoms with Crippen LogP contribution in [0.2, 0.25) is 6.82 Å². The van der Waals surface area contributed by atoms with Crippen LogP contribution in [-0.2, 0) is 4.79 Å². The molecule has 3 N–H and O–H groups in total. The number of nitrogens with one attached hydrogen (secondary N) is 1. The predicted molar refractivity (Wildman–Crippen MR) is 52.5 cm³/mol. The molecule has 0 aliphatic carbocycles. The number of aliphatic carboxylic acids is 1. The van der Waals surface area contributed by atoms with Gasteiger partial charge in [-0.25, -0.2) is 0 Å². The molecule has 1 unspecified atom stereocenters. The molecule has 4 nitrogen and oxygen atoms in total. The zero-order valence-electron chi connectivity index (χ0n) is 8.29. The molecule has 0 aliphatic heterocycles. The van der Waals surface area contributed by atoms with Crippen LogP contribution in [0.3, 0.4) is 0 Å². The summed E-state index contributed by atoms with van der Waals surface area (Å²) in [6.07, 6.45) is 2.49. The lowest BCUT2D eigenvalue weighted by Crippen LogP contribution is -2.31. The maximum absolute atomic E-state index is 10.4. The number of unbranched alkanes of at least 4 members (excludes halogenated alkanes) is 1. The predicted octanol–water partition coefficient (Wildman–Crippen LogP) is 0.577. The van der Waals surface area contributed by atoms with Crippen molar-refractivity contribution < 1.29 is 14.9 Å². The van der Waals surface area contributed by atoms with Gasteiger partial charge in [0.25, 0.3) is 0 Å². The number of rotatable bonds is 7. The van der Waals surface area contributed by atoms with Crippen molar-refractivity contribution in [2.75, 3.05) is 6.54 Å². The number of carbonyl (C=O) groups is 1. The summed E-state index contributed by atoms with van der Waals surface area (Å²) in [6.45, 7) is 4.12. The third-order valence-corrected chi connectivity index (χ3v) is 1.93. The van der Waals surface area contributed by atoms with Crippen LogP contribution in [0.15, 0.2) is 0 Å². The maximum Gasteiger partial charge on any atom is 0.373 e. The number of carboxylic acids is 1. The van der Waals surface area contributed by atoms with E-state index in [1.165, 1.54) is 0 Å². The fraction of sp³-hybridized carbons (Fsp3) is 0.875. The van der Waals surface area contributed by atoms with Gasteiger partial charge >= 0.3 is 13.0 Å². The van der Waals surface area contributed by atoms with E-state index < -0.39 is 13.0 Å². The molecule has 13 heavy (non-hydrogen) atoms. The second kappa shape index (κ2) is 6.92. The fourth-order valence-electron chi connectivity index (χ4n) is 1.01. The van der Waals surface area contributed by atoms with E-state index in [2.05, 4.69) is 5.23 Å². The highest BCUT2D eigenvalue weighted by molar-refractivity contribution is 6.45.